The molecule has 0 aromatic heterocycles. The van der Waals surface area contributed by atoms with Gasteiger partial charge in [0.05, 0.1) is 12.1 Å². The molecule has 1 aliphatic carbocycles. The van der Waals surface area contributed by atoms with E-state index in [-0.39, 0.29) is 17.4 Å². The predicted octanol–water partition coefficient (Wildman–Crippen LogP) is 3.49. The lowest BCUT2D eigenvalue weighted by atomic mass is 9.63. The third-order valence-electron chi connectivity index (χ3n) is 4.92. The SMILES string of the molecule is CN1C(=O)CCC2(C)c3ccc(SF)cc3CCC12. The molecule has 1 aromatic rings. The fraction of sp³-hybridized carbons (Fsp3) is 0.533. The van der Waals surface area contributed by atoms with Crippen LogP contribution in [0.15, 0.2) is 23.1 Å². The number of carbonyl (C=O) groups is 1. The molecule has 1 aliphatic heterocycles. The normalized spacial score (nSPS) is 29.9. The van der Waals surface area contributed by atoms with E-state index in [1.807, 2.05) is 24.1 Å². The highest BCUT2D eigenvalue weighted by Crippen LogP contribution is 2.46. The van der Waals surface area contributed by atoms with Gasteiger partial charge in [-0.15, -0.1) is 0 Å². The summed E-state index contributed by atoms with van der Waals surface area (Å²) in [7, 11) is 1.92. The maximum absolute atomic E-state index is 12.7. The summed E-state index contributed by atoms with van der Waals surface area (Å²) >= 11 is 0.306. The number of carbonyl (C=O) groups excluding carboxylic acids is 1. The van der Waals surface area contributed by atoms with E-state index in [1.165, 1.54) is 11.1 Å². The van der Waals surface area contributed by atoms with Crippen LogP contribution in [0.5, 0.6) is 0 Å². The van der Waals surface area contributed by atoms with Crippen molar-refractivity contribution in [2.75, 3.05) is 7.05 Å². The van der Waals surface area contributed by atoms with Crippen molar-refractivity contribution in [3.8, 4) is 0 Å². The first-order valence-electron chi connectivity index (χ1n) is 6.74. The third kappa shape index (κ3) is 1.88. The zero-order valence-corrected chi connectivity index (χ0v) is 12.1. The first-order valence-corrected chi connectivity index (χ1v) is 7.45. The van der Waals surface area contributed by atoms with Crippen LogP contribution in [0.3, 0.4) is 0 Å². The van der Waals surface area contributed by atoms with Crippen molar-refractivity contribution in [2.45, 2.75) is 49.0 Å². The largest absolute Gasteiger partial charge is 0.342 e. The number of rotatable bonds is 1. The summed E-state index contributed by atoms with van der Waals surface area (Å²) in [4.78, 5) is 14.5. The molecule has 1 saturated heterocycles. The summed E-state index contributed by atoms with van der Waals surface area (Å²) in [5, 5.41) is 0. The lowest BCUT2D eigenvalue weighted by molar-refractivity contribution is -0.138. The maximum Gasteiger partial charge on any atom is 0.222 e. The Morgan fingerprint density at radius 1 is 1.42 bits per heavy atom. The summed E-state index contributed by atoms with van der Waals surface area (Å²) in [6.45, 7) is 2.25. The Labute approximate surface area is 117 Å². The quantitative estimate of drug-likeness (QED) is 0.784. The molecule has 4 heteroatoms. The van der Waals surface area contributed by atoms with E-state index in [9.17, 15) is 8.68 Å². The van der Waals surface area contributed by atoms with Gasteiger partial charge in [0.15, 0.2) is 0 Å². The Balaban J connectivity index is 2.05. The molecule has 0 saturated carbocycles. The summed E-state index contributed by atoms with van der Waals surface area (Å²) in [6, 6.07) is 6.17. The molecule has 0 radical (unpaired) electrons. The Kier molecular flexibility index (Phi) is 3.08. The molecule has 0 bridgehead atoms. The van der Waals surface area contributed by atoms with E-state index in [1.54, 1.807) is 0 Å². The molecular weight excluding hydrogens is 261 g/mol. The number of halogens is 1. The topological polar surface area (TPSA) is 20.3 Å². The number of amides is 1. The zero-order valence-electron chi connectivity index (χ0n) is 11.3. The summed E-state index contributed by atoms with van der Waals surface area (Å²) < 4.78 is 12.7. The van der Waals surface area contributed by atoms with E-state index in [4.69, 9.17) is 0 Å². The van der Waals surface area contributed by atoms with Crippen LogP contribution in [0.4, 0.5) is 3.89 Å². The minimum Gasteiger partial charge on any atom is -0.342 e. The van der Waals surface area contributed by atoms with Crippen molar-refractivity contribution >= 4 is 18.1 Å². The maximum atomic E-state index is 12.7. The van der Waals surface area contributed by atoms with Crippen LogP contribution in [0.2, 0.25) is 0 Å². The molecular formula is C15H18FNOS. The van der Waals surface area contributed by atoms with Gasteiger partial charge in [-0.25, -0.2) is 0 Å². The highest BCUT2D eigenvalue weighted by Gasteiger charge is 2.46. The van der Waals surface area contributed by atoms with Crippen LogP contribution in [-0.4, -0.2) is 23.9 Å². The zero-order chi connectivity index (χ0) is 13.6. The van der Waals surface area contributed by atoms with Gasteiger partial charge in [-0.3, -0.25) is 4.79 Å². The Bertz CT molecular complexity index is 533. The molecule has 102 valence electrons. The van der Waals surface area contributed by atoms with Gasteiger partial charge in [-0.05, 0) is 42.5 Å². The van der Waals surface area contributed by atoms with Crippen LogP contribution < -0.4 is 0 Å². The van der Waals surface area contributed by atoms with E-state index in [2.05, 4.69) is 13.0 Å². The number of hydrogen-bond donors (Lipinski definition) is 0. The second-order valence-corrected chi connectivity index (χ2v) is 6.50. The average Bonchev–Trinajstić information content (AvgIpc) is 2.43. The van der Waals surface area contributed by atoms with Gasteiger partial charge in [0, 0.05) is 29.8 Å². The first kappa shape index (κ1) is 13.0. The summed E-state index contributed by atoms with van der Waals surface area (Å²) in [6.07, 6.45) is 3.42. The number of piperidine rings is 1. The molecule has 1 fully saturated rings. The monoisotopic (exact) mass is 279 g/mol. The van der Waals surface area contributed by atoms with Gasteiger partial charge in [0.25, 0.3) is 0 Å². The molecule has 1 aromatic carbocycles. The van der Waals surface area contributed by atoms with Gasteiger partial charge in [-0.2, -0.15) is 3.89 Å². The second-order valence-electron chi connectivity index (χ2n) is 5.87. The molecule has 0 spiro atoms. The number of hydrogen-bond acceptors (Lipinski definition) is 2. The lowest BCUT2D eigenvalue weighted by Crippen LogP contribution is -2.56. The number of likely N-dealkylation sites (N-methyl/N-ethyl adjacent to an activating group) is 1. The standard InChI is InChI=1S/C15H18FNOS/c1-15-8-7-14(18)17(2)13(15)6-3-10-9-11(19-16)4-5-12(10)15/h4-5,9,13H,3,6-8H2,1-2H3. The first-order chi connectivity index (χ1) is 9.06. The van der Waals surface area contributed by atoms with Crippen LogP contribution in [0.1, 0.15) is 37.3 Å². The van der Waals surface area contributed by atoms with E-state index in [0.717, 1.165) is 19.3 Å². The highest BCUT2D eigenvalue weighted by molar-refractivity contribution is 7.94. The van der Waals surface area contributed by atoms with Crippen LogP contribution in [-0.2, 0) is 16.6 Å². The van der Waals surface area contributed by atoms with Gasteiger partial charge in [0.2, 0.25) is 5.91 Å². The fourth-order valence-electron chi connectivity index (χ4n) is 3.81. The smallest absolute Gasteiger partial charge is 0.222 e. The van der Waals surface area contributed by atoms with Crippen molar-refractivity contribution in [1.82, 2.24) is 4.90 Å². The number of fused-ring (bicyclic) bond motifs is 3. The number of aryl methyl sites for hydroxylation is 1. The Hall–Kier alpha value is -1.03. The second kappa shape index (κ2) is 4.51. The van der Waals surface area contributed by atoms with Gasteiger partial charge in [-0.1, -0.05) is 13.0 Å². The van der Waals surface area contributed by atoms with E-state index in [0.29, 0.717) is 23.5 Å². The van der Waals surface area contributed by atoms with Crippen LogP contribution >= 0.6 is 12.1 Å². The van der Waals surface area contributed by atoms with Gasteiger partial charge in [0.1, 0.15) is 0 Å². The lowest BCUT2D eigenvalue weighted by Gasteiger charge is -2.50. The molecule has 1 amide bonds. The number of nitrogens with zero attached hydrogens (tertiary/aromatic N) is 1. The Morgan fingerprint density at radius 3 is 2.95 bits per heavy atom. The molecule has 0 N–H and O–H groups in total. The molecule has 1 heterocycles. The molecule has 2 atom stereocenters. The van der Waals surface area contributed by atoms with E-state index >= 15 is 0 Å². The molecule has 19 heavy (non-hydrogen) atoms. The predicted molar refractivity (Wildman–Crippen MR) is 74.9 cm³/mol. The van der Waals surface area contributed by atoms with Gasteiger partial charge < -0.3 is 4.90 Å². The van der Waals surface area contributed by atoms with Crippen molar-refractivity contribution in [3.63, 3.8) is 0 Å². The summed E-state index contributed by atoms with van der Waals surface area (Å²) in [5.41, 5.74) is 2.58. The third-order valence-corrected chi connectivity index (χ3v) is 5.35. The van der Waals surface area contributed by atoms with Crippen molar-refractivity contribution < 1.29 is 8.68 Å². The van der Waals surface area contributed by atoms with Crippen LogP contribution in [0.25, 0.3) is 0 Å². The van der Waals surface area contributed by atoms with Crippen molar-refractivity contribution in [1.29, 1.82) is 0 Å². The number of benzene rings is 1. The average molecular weight is 279 g/mol. The highest BCUT2D eigenvalue weighted by atomic mass is 32.2. The molecule has 3 rings (SSSR count). The Morgan fingerprint density at radius 2 is 2.21 bits per heavy atom. The number of likely N-dealkylation sites (tertiary alicyclic amines) is 1. The molecule has 2 aliphatic rings. The van der Waals surface area contributed by atoms with Crippen molar-refractivity contribution in [3.05, 3.63) is 29.3 Å². The van der Waals surface area contributed by atoms with Crippen LogP contribution in [0, 0.1) is 0 Å². The van der Waals surface area contributed by atoms with E-state index < -0.39 is 0 Å². The molecule has 2 unspecified atom stereocenters. The fourth-order valence-corrected chi connectivity index (χ4v) is 4.12. The van der Waals surface area contributed by atoms with Gasteiger partial charge >= 0.3 is 0 Å². The minimum absolute atomic E-state index is 0.0236. The van der Waals surface area contributed by atoms with Crippen molar-refractivity contribution in [2.24, 2.45) is 0 Å². The summed E-state index contributed by atoms with van der Waals surface area (Å²) in [5.74, 6) is 0.252. The molecule has 2 nitrogen and oxygen atoms in total. The minimum atomic E-state index is 0.0236.